The minimum absolute atomic E-state index is 0.0565. The lowest BCUT2D eigenvalue weighted by Gasteiger charge is -2.38. The first-order valence-corrected chi connectivity index (χ1v) is 13.7. The Labute approximate surface area is 224 Å². The molecule has 9 heteroatoms. The molecular formula is C28H30BrN5O3. The van der Waals surface area contributed by atoms with Crippen LogP contribution in [0.4, 0.5) is 5.82 Å². The third-order valence-electron chi connectivity index (χ3n) is 7.06. The predicted octanol–water partition coefficient (Wildman–Crippen LogP) is 4.99. The normalized spacial score (nSPS) is 17.9. The number of anilines is 1. The van der Waals surface area contributed by atoms with Gasteiger partial charge in [-0.1, -0.05) is 40.2 Å². The molecule has 2 aliphatic heterocycles. The number of rotatable bonds is 7. The zero-order valence-corrected chi connectivity index (χ0v) is 22.1. The van der Waals surface area contributed by atoms with Crippen molar-refractivity contribution in [3.05, 3.63) is 72.3 Å². The number of halogens is 1. The number of likely N-dealkylation sites (tertiary alicyclic amines) is 1. The van der Waals surface area contributed by atoms with Gasteiger partial charge in [-0.3, -0.25) is 9.59 Å². The number of amides is 2. The Hall–Kier alpha value is -3.59. The van der Waals surface area contributed by atoms with E-state index >= 15 is 0 Å². The topological polar surface area (TPSA) is 102 Å². The van der Waals surface area contributed by atoms with Crippen molar-refractivity contribution in [2.24, 2.45) is 11.7 Å². The third-order valence-corrected chi connectivity index (χ3v) is 7.43. The lowest BCUT2D eigenvalue weighted by Crippen LogP contribution is -2.41. The Morgan fingerprint density at radius 3 is 2.43 bits per heavy atom. The highest BCUT2D eigenvalue weighted by Gasteiger charge is 2.35. The lowest BCUT2D eigenvalue weighted by molar-refractivity contribution is -0.127. The van der Waals surface area contributed by atoms with Crippen molar-refractivity contribution >= 4 is 33.6 Å². The number of hydrogen-bond acceptors (Lipinski definition) is 5. The first-order chi connectivity index (χ1) is 18.0. The van der Waals surface area contributed by atoms with Crippen molar-refractivity contribution in [2.75, 3.05) is 30.3 Å². The van der Waals surface area contributed by atoms with Gasteiger partial charge < -0.3 is 20.7 Å². The van der Waals surface area contributed by atoms with Gasteiger partial charge in [0.25, 0.3) is 5.91 Å². The van der Waals surface area contributed by atoms with Crippen LogP contribution in [0, 0.1) is 5.92 Å². The summed E-state index contributed by atoms with van der Waals surface area (Å²) >= 11 is 3.32. The van der Waals surface area contributed by atoms with E-state index in [1.54, 1.807) is 6.08 Å². The van der Waals surface area contributed by atoms with Gasteiger partial charge in [0.15, 0.2) is 0 Å². The molecule has 1 aromatic heterocycles. The molecule has 37 heavy (non-hydrogen) atoms. The van der Waals surface area contributed by atoms with Crippen molar-refractivity contribution in [3.63, 3.8) is 0 Å². The van der Waals surface area contributed by atoms with Gasteiger partial charge in [0.1, 0.15) is 28.6 Å². The second kappa shape index (κ2) is 11.2. The summed E-state index contributed by atoms with van der Waals surface area (Å²) in [6.45, 7) is 2.18. The van der Waals surface area contributed by atoms with E-state index in [0.29, 0.717) is 34.1 Å². The number of alkyl halides is 1. The maximum atomic E-state index is 12.6. The van der Waals surface area contributed by atoms with Crippen LogP contribution in [0.5, 0.6) is 11.5 Å². The maximum Gasteiger partial charge on any atom is 0.254 e. The standard InChI is InChI=1S/C28H30BrN5O3/c29-15-4-7-24(35)33-17-13-19(14-18-33)23-12-16-31-28-25(27(30)36)26(32-34(23)28)20-8-10-22(11-9-20)37-21-5-2-1-3-6-21/h1-11,19,23,31H,12-18H2,(H2,30,36)/b7-4+. The number of para-hydroxylation sites is 1. The van der Waals surface area contributed by atoms with Crippen LogP contribution in [-0.2, 0) is 4.79 Å². The van der Waals surface area contributed by atoms with Gasteiger partial charge in [-0.25, -0.2) is 4.68 Å². The van der Waals surface area contributed by atoms with Crippen molar-refractivity contribution in [1.82, 2.24) is 14.7 Å². The molecule has 0 aliphatic carbocycles. The Kier molecular flexibility index (Phi) is 7.60. The zero-order chi connectivity index (χ0) is 25.8. The quantitative estimate of drug-likeness (QED) is 0.311. The number of carbonyl (C=O) groups is 2. The number of ether oxygens (including phenoxy) is 1. The number of primary amides is 1. The average molecular weight is 564 g/mol. The largest absolute Gasteiger partial charge is 0.457 e. The van der Waals surface area contributed by atoms with E-state index in [-0.39, 0.29) is 11.9 Å². The molecule has 8 nitrogen and oxygen atoms in total. The number of nitrogens with one attached hydrogen (secondary N) is 1. The van der Waals surface area contributed by atoms with Crippen molar-refractivity contribution in [2.45, 2.75) is 25.3 Å². The van der Waals surface area contributed by atoms with Crippen LogP contribution < -0.4 is 15.8 Å². The van der Waals surface area contributed by atoms with Crippen LogP contribution in [0.3, 0.4) is 0 Å². The Bertz CT molecular complexity index is 1280. The minimum Gasteiger partial charge on any atom is -0.457 e. The highest BCUT2D eigenvalue weighted by atomic mass is 79.9. The van der Waals surface area contributed by atoms with Crippen LogP contribution in [-0.4, -0.2) is 51.5 Å². The molecule has 0 saturated carbocycles. The number of piperidine rings is 1. The molecule has 192 valence electrons. The van der Waals surface area contributed by atoms with Crippen molar-refractivity contribution in [3.8, 4) is 22.8 Å². The monoisotopic (exact) mass is 563 g/mol. The van der Waals surface area contributed by atoms with E-state index in [1.807, 2.05) is 70.3 Å². The summed E-state index contributed by atoms with van der Waals surface area (Å²) in [5.74, 6) is 2.04. The Morgan fingerprint density at radius 2 is 1.76 bits per heavy atom. The number of allylic oxidation sites excluding steroid dienone is 1. The molecule has 3 heterocycles. The van der Waals surface area contributed by atoms with Crippen molar-refractivity contribution in [1.29, 1.82) is 0 Å². The first-order valence-electron chi connectivity index (χ1n) is 12.6. The van der Waals surface area contributed by atoms with E-state index in [0.717, 1.165) is 50.2 Å². The van der Waals surface area contributed by atoms with Crippen LogP contribution in [0.2, 0.25) is 0 Å². The van der Waals surface area contributed by atoms with Gasteiger partial charge in [-0.05, 0) is 67.7 Å². The van der Waals surface area contributed by atoms with Gasteiger partial charge in [0.2, 0.25) is 5.91 Å². The second-order valence-electron chi connectivity index (χ2n) is 9.32. The minimum atomic E-state index is -0.506. The second-order valence-corrected chi connectivity index (χ2v) is 9.97. The molecule has 0 radical (unpaired) electrons. The van der Waals surface area contributed by atoms with Gasteiger partial charge in [-0.2, -0.15) is 5.10 Å². The number of benzene rings is 2. The molecule has 3 aromatic rings. The number of nitrogens with zero attached hydrogens (tertiary/aromatic N) is 3. The maximum absolute atomic E-state index is 12.6. The molecule has 1 fully saturated rings. The molecule has 2 aromatic carbocycles. The number of hydrogen-bond donors (Lipinski definition) is 2. The van der Waals surface area contributed by atoms with E-state index in [9.17, 15) is 9.59 Å². The van der Waals surface area contributed by atoms with Gasteiger partial charge in [0, 0.05) is 30.5 Å². The Morgan fingerprint density at radius 1 is 1.05 bits per heavy atom. The van der Waals surface area contributed by atoms with E-state index < -0.39 is 5.91 Å². The first kappa shape index (κ1) is 25.1. The summed E-state index contributed by atoms with van der Waals surface area (Å²) in [6.07, 6.45) is 6.14. The summed E-state index contributed by atoms with van der Waals surface area (Å²) in [5, 5.41) is 8.95. The van der Waals surface area contributed by atoms with Crippen LogP contribution in [0.1, 0.15) is 35.7 Å². The summed E-state index contributed by atoms with van der Waals surface area (Å²) < 4.78 is 7.87. The highest BCUT2D eigenvalue weighted by molar-refractivity contribution is 9.09. The fourth-order valence-electron chi connectivity index (χ4n) is 5.24. The average Bonchev–Trinajstić information content (AvgIpc) is 3.33. The molecular weight excluding hydrogens is 534 g/mol. The molecule has 5 rings (SSSR count). The Balaban J connectivity index is 1.37. The fraction of sp³-hybridized carbons (Fsp3) is 0.321. The van der Waals surface area contributed by atoms with Crippen LogP contribution >= 0.6 is 15.9 Å². The molecule has 1 saturated heterocycles. The highest BCUT2D eigenvalue weighted by Crippen LogP contribution is 2.40. The fourth-order valence-corrected chi connectivity index (χ4v) is 5.42. The van der Waals surface area contributed by atoms with Gasteiger partial charge in [-0.15, -0.1) is 0 Å². The number of fused-ring (bicyclic) bond motifs is 1. The van der Waals surface area contributed by atoms with E-state index in [4.69, 9.17) is 15.6 Å². The summed E-state index contributed by atoms with van der Waals surface area (Å²) in [4.78, 5) is 26.9. The van der Waals surface area contributed by atoms with Gasteiger partial charge in [0.05, 0.1) is 6.04 Å². The lowest BCUT2D eigenvalue weighted by atomic mass is 9.87. The molecule has 2 amide bonds. The van der Waals surface area contributed by atoms with E-state index in [2.05, 4.69) is 21.2 Å². The molecule has 3 N–H and O–H groups in total. The molecule has 2 aliphatic rings. The molecule has 1 atom stereocenters. The van der Waals surface area contributed by atoms with E-state index in [1.165, 1.54) is 0 Å². The number of nitrogens with two attached hydrogens (primary N) is 1. The summed E-state index contributed by atoms with van der Waals surface area (Å²) in [6, 6.07) is 17.3. The third kappa shape index (κ3) is 5.41. The SMILES string of the molecule is NC(=O)c1c(-c2ccc(Oc3ccccc3)cc2)nn2c1NCCC2C1CCN(C(=O)/C=C/CBr)CC1. The molecule has 0 bridgehead atoms. The van der Waals surface area contributed by atoms with Crippen LogP contribution in [0.25, 0.3) is 11.3 Å². The van der Waals surface area contributed by atoms with Crippen LogP contribution in [0.15, 0.2) is 66.7 Å². The molecule has 1 unspecified atom stereocenters. The smallest absolute Gasteiger partial charge is 0.254 e. The zero-order valence-electron chi connectivity index (χ0n) is 20.5. The summed E-state index contributed by atoms with van der Waals surface area (Å²) in [7, 11) is 0. The summed E-state index contributed by atoms with van der Waals surface area (Å²) in [5.41, 5.74) is 7.64. The van der Waals surface area contributed by atoms with Gasteiger partial charge >= 0.3 is 0 Å². The predicted molar refractivity (Wildman–Crippen MR) is 147 cm³/mol. The van der Waals surface area contributed by atoms with Crippen molar-refractivity contribution < 1.29 is 14.3 Å². The number of carbonyl (C=O) groups excluding carboxylic acids is 2. The number of aromatic nitrogens is 2. The molecule has 0 spiro atoms.